The van der Waals surface area contributed by atoms with Crippen LogP contribution in [0.2, 0.25) is 0 Å². The minimum Gasteiger partial charge on any atom is -0.113 e. The molecule has 0 N–H and O–H groups in total. The molecule has 0 radical (unpaired) electrons. The minimum absolute atomic E-state index is 0.110. The van der Waals surface area contributed by atoms with Crippen LogP contribution >= 0.6 is 27.5 Å². The van der Waals surface area contributed by atoms with Crippen LogP contribution < -0.4 is 0 Å². The van der Waals surface area contributed by atoms with Crippen LogP contribution in [0.15, 0.2) is 46.9 Å². The first-order valence-corrected chi connectivity index (χ1v) is 8.58. The third-order valence-electron chi connectivity index (χ3n) is 4.38. The molecular formula is C19H22BrCl. The Hall–Kier alpha value is -0.790. The zero-order valence-electron chi connectivity index (χ0n) is 13.1. The highest BCUT2D eigenvalue weighted by Crippen LogP contribution is 2.34. The molecule has 2 aromatic rings. The molecular weight excluding hydrogens is 344 g/mol. The molecule has 0 aromatic heterocycles. The molecule has 0 nitrogen and oxygen atoms in total. The maximum Gasteiger partial charge on any atom is 0.0838 e. The first kappa shape index (κ1) is 16.6. The van der Waals surface area contributed by atoms with Gasteiger partial charge in [-0.15, -0.1) is 11.6 Å². The summed E-state index contributed by atoms with van der Waals surface area (Å²) in [7, 11) is 0. The first-order chi connectivity index (χ1) is 9.85. The number of rotatable bonds is 4. The molecule has 0 spiro atoms. The predicted molar refractivity (Wildman–Crippen MR) is 96.3 cm³/mol. The molecule has 0 amide bonds. The molecule has 0 aliphatic heterocycles. The van der Waals surface area contributed by atoms with Crippen molar-refractivity contribution in [1.29, 1.82) is 0 Å². The van der Waals surface area contributed by atoms with Crippen molar-refractivity contribution in [2.75, 3.05) is 0 Å². The number of hydrogen-bond donors (Lipinski definition) is 0. The van der Waals surface area contributed by atoms with Gasteiger partial charge in [-0.3, -0.25) is 0 Å². The normalized spacial score (nSPS) is 13.2. The van der Waals surface area contributed by atoms with E-state index in [0.29, 0.717) is 0 Å². The summed E-state index contributed by atoms with van der Waals surface area (Å²) in [5, 5.41) is -0.110. The van der Waals surface area contributed by atoms with Gasteiger partial charge in [-0.05, 0) is 53.1 Å². The number of aryl methyl sites for hydroxylation is 1. The summed E-state index contributed by atoms with van der Waals surface area (Å²) in [6.07, 6.45) is 1.13. The molecule has 0 aliphatic rings. The summed E-state index contributed by atoms with van der Waals surface area (Å²) >= 11 is 10.2. The summed E-state index contributed by atoms with van der Waals surface area (Å²) in [6.45, 7) is 8.88. The monoisotopic (exact) mass is 364 g/mol. The van der Waals surface area contributed by atoms with Crippen molar-refractivity contribution in [2.45, 2.75) is 44.9 Å². The van der Waals surface area contributed by atoms with E-state index in [2.05, 4.69) is 86.1 Å². The zero-order valence-corrected chi connectivity index (χ0v) is 15.4. The van der Waals surface area contributed by atoms with Crippen LogP contribution in [0.4, 0.5) is 0 Å². The lowest BCUT2D eigenvalue weighted by Crippen LogP contribution is -2.15. The van der Waals surface area contributed by atoms with E-state index >= 15 is 0 Å². The van der Waals surface area contributed by atoms with Gasteiger partial charge in [-0.2, -0.15) is 0 Å². The number of hydrogen-bond acceptors (Lipinski definition) is 0. The Bertz CT molecular complexity index is 614. The Morgan fingerprint density at radius 3 is 2.29 bits per heavy atom. The molecule has 1 atom stereocenters. The highest BCUT2D eigenvalue weighted by molar-refractivity contribution is 9.10. The lowest BCUT2D eigenvalue weighted by atomic mass is 9.82. The molecule has 0 saturated heterocycles. The number of halogens is 2. The fourth-order valence-electron chi connectivity index (χ4n) is 2.37. The molecule has 2 heteroatoms. The fourth-order valence-corrected chi connectivity index (χ4v) is 3.13. The van der Waals surface area contributed by atoms with Gasteiger partial charge in [-0.1, -0.05) is 67.0 Å². The Labute approximate surface area is 141 Å². The van der Waals surface area contributed by atoms with Crippen LogP contribution in [-0.2, 0) is 5.41 Å². The van der Waals surface area contributed by atoms with Crippen LogP contribution in [0, 0.1) is 6.92 Å². The third-order valence-corrected chi connectivity index (χ3v) is 5.36. The van der Waals surface area contributed by atoms with E-state index in [9.17, 15) is 0 Å². The van der Waals surface area contributed by atoms with Gasteiger partial charge in [-0.25, -0.2) is 0 Å². The second-order valence-corrected chi connectivity index (χ2v) is 7.58. The van der Waals surface area contributed by atoms with E-state index in [4.69, 9.17) is 11.6 Å². The molecule has 0 heterocycles. The van der Waals surface area contributed by atoms with Gasteiger partial charge >= 0.3 is 0 Å². The van der Waals surface area contributed by atoms with Crippen molar-refractivity contribution >= 4 is 27.5 Å². The van der Waals surface area contributed by atoms with Gasteiger partial charge in [0.25, 0.3) is 0 Å². The smallest absolute Gasteiger partial charge is 0.0838 e. The lowest BCUT2D eigenvalue weighted by molar-refractivity contribution is 0.506. The molecule has 21 heavy (non-hydrogen) atoms. The van der Waals surface area contributed by atoms with Crippen LogP contribution in [0.1, 0.15) is 54.8 Å². The van der Waals surface area contributed by atoms with Crippen molar-refractivity contribution in [3.8, 4) is 0 Å². The van der Waals surface area contributed by atoms with Gasteiger partial charge < -0.3 is 0 Å². The highest BCUT2D eigenvalue weighted by Gasteiger charge is 2.19. The van der Waals surface area contributed by atoms with Gasteiger partial charge in [0.15, 0.2) is 0 Å². The van der Waals surface area contributed by atoms with E-state index in [1.165, 1.54) is 11.1 Å². The van der Waals surface area contributed by atoms with Gasteiger partial charge in [0.05, 0.1) is 5.38 Å². The molecule has 0 aliphatic carbocycles. The molecule has 112 valence electrons. The predicted octanol–water partition coefficient (Wildman–Crippen LogP) is 6.77. The maximum atomic E-state index is 6.69. The maximum absolute atomic E-state index is 6.69. The largest absolute Gasteiger partial charge is 0.113 e. The van der Waals surface area contributed by atoms with Crippen LogP contribution in [0.5, 0.6) is 0 Å². The standard InChI is InChI=1S/C19H22BrCl/c1-5-19(3,4)15-9-7-14(8-10-15)18(21)17-12-16(20)11-6-13(17)2/h6-12,18H,5H2,1-4H3. The third kappa shape index (κ3) is 3.70. The molecule has 1 unspecified atom stereocenters. The summed E-state index contributed by atoms with van der Waals surface area (Å²) in [5.41, 5.74) is 5.10. The van der Waals surface area contributed by atoms with Crippen molar-refractivity contribution in [1.82, 2.24) is 0 Å². The highest BCUT2D eigenvalue weighted by atomic mass is 79.9. The molecule has 0 saturated carbocycles. The Kier molecular flexibility index (Phi) is 5.16. The van der Waals surface area contributed by atoms with Crippen molar-refractivity contribution in [3.63, 3.8) is 0 Å². The van der Waals surface area contributed by atoms with Crippen LogP contribution in [0.3, 0.4) is 0 Å². The Morgan fingerprint density at radius 2 is 1.71 bits per heavy atom. The fraction of sp³-hybridized carbons (Fsp3) is 0.368. The number of alkyl halides is 1. The van der Waals surface area contributed by atoms with Crippen LogP contribution in [0.25, 0.3) is 0 Å². The SMILES string of the molecule is CCC(C)(C)c1ccc(C(Cl)c2cc(Br)ccc2C)cc1. The van der Waals surface area contributed by atoms with Gasteiger partial charge in [0.2, 0.25) is 0 Å². The molecule has 2 aromatic carbocycles. The molecule has 0 bridgehead atoms. The average Bonchev–Trinajstić information content (AvgIpc) is 2.49. The Morgan fingerprint density at radius 1 is 1.10 bits per heavy atom. The molecule has 2 rings (SSSR count). The second kappa shape index (κ2) is 6.54. The summed E-state index contributed by atoms with van der Waals surface area (Å²) in [5.74, 6) is 0. The van der Waals surface area contributed by atoms with Crippen molar-refractivity contribution < 1.29 is 0 Å². The van der Waals surface area contributed by atoms with Gasteiger partial charge in [0, 0.05) is 4.47 Å². The quantitative estimate of drug-likeness (QED) is 0.524. The topological polar surface area (TPSA) is 0 Å². The van der Waals surface area contributed by atoms with Crippen LogP contribution in [-0.4, -0.2) is 0 Å². The summed E-state index contributed by atoms with van der Waals surface area (Å²) < 4.78 is 1.07. The Balaban J connectivity index is 2.32. The average molecular weight is 366 g/mol. The van der Waals surface area contributed by atoms with Gasteiger partial charge in [0.1, 0.15) is 0 Å². The van der Waals surface area contributed by atoms with E-state index in [1.807, 2.05) is 0 Å². The zero-order chi connectivity index (χ0) is 15.6. The van der Waals surface area contributed by atoms with E-state index in [1.54, 1.807) is 0 Å². The summed E-state index contributed by atoms with van der Waals surface area (Å²) in [4.78, 5) is 0. The van der Waals surface area contributed by atoms with E-state index < -0.39 is 0 Å². The first-order valence-electron chi connectivity index (χ1n) is 7.35. The van der Waals surface area contributed by atoms with Crippen molar-refractivity contribution in [2.24, 2.45) is 0 Å². The minimum atomic E-state index is -0.110. The van der Waals surface area contributed by atoms with Crippen molar-refractivity contribution in [3.05, 3.63) is 69.2 Å². The van der Waals surface area contributed by atoms with E-state index in [0.717, 1.165) is 22.0 Å². The number of benzene rings is 2. The summed E-state index contributed by atoms with van der Waals surface area (Å²) in [6, 6.07) is 15.0. The lowest BCUT2D eigenvalue weighted by Gasteiger charge is -2.24. The molecule has 0 fully saturated rings. The van der Waals surface area contributed by atoms with E-state index in [-0.39, 0.29) is 10.8 Å². The second-order valence-electron chi connectivity index (χ2n) is 6.22.